The lowest BCUT2D eigenvalue weighted by Crippen LogP contribution is -2.58. The number of carboxylic acids is 1. The molecule has 1 atom stereocenters. The van der Waals surface area contributed by atoms with Crippen molar-refractivity contribution in [3.63, 3.8) is 0 Å². The first kappa shape index (κ1) is 16.3. The summed E-state index contributed by atoms with van der Waals surface area (Å²) in [5.74, 6) is -0.797. The van der Waals surface area contributed by atoms with Crippen LogP contribution in [0.5, 0.6) is 0 Å². The van der Waals surface area contributed by atoms with Gasteiger partial charge in [-0.1, -0.05) is 30.3 Å². The van der Waals surface area contributed by atoms with Crippen molar-refractivity contribution in [2.75, 3.05) is 13.1 Å². The van der Waals surface area contributed by atoms with Crippen LogP contribution in [-0.4, -0.2) is 51.0 Å². The maximum atomic E-state index is 11.1. The lowest BCUT2D eigenvalue weighted by Gasteiger charge is -2.51. The number of aromatic amines is 1. The van der Waals surface area contributed by atoms with Crippen molar-refractivity contribution in [3.05, 3.63) is 42.1 Å². The number of carboxylic acid groups (broad SMARTS) is 1. The molecule has 6 heteroatoms. The Labute approximate surface area is 146 Å². The molecule has 2 aliphatic rings. The Hall–Kier alpha value is -2.18. The number of hydrogen-bond donors (Lipinski definition) is 2. The molecule has 6 nitrogen and oxygen atoms in total. The van der Waals surface area contributed by atoms with E-state index in [1.54, 1.807) is 0 Å². The second-order valence-electron chi connectivity index (χ2n) is 7.18. The quantitative estimate of drug-likeness (QED) is 0.874. The highest BCUT2D eigenvalue weighted by molar-refractivity contribution is 5.67. The van der Waals surface area contributed by atoms with E-state index in [9.17, 15) is 4.79 Å². The molecule has 0 radical (unpaired) electrons. The Kier molecular flexibility index (Phi) is 4.31. The first-order valence-corrected chi connectivity index (χ1v) is 8.83. The lowest BCUT2D eigenvalue weighted by atomic mass is 9.78. The molecule has 132 valence electrons. The molecule has 0 amide bonds. The summed E-state index contributed by atoms with van der Waals surface area (Å²) in [5, 5.41) is 16.5. The number of nitrogens with one attached hydrogen (secondary N) is 1. The highest BCUT2D eigenvalue weighted by Crippen LogP contribution is 2.41. The van der Waals surface area contributed by atoms with Gasteiger partial charge in [-0.15, -0.1) is 0 Å². The van der Waals surface area contributed by atoms with Gasteiger partial charge in [0, 0.05) is 25.2 Å². The van der Waals surface area contributed by atoms with Gasteiger partial charge in [-0.05, 0) is 24.8 Å². The molecule has 2 fully saturated rings. The van der Waals surface area contributed by atoms with Crippen LogP contribution in [0.1, 0.15) is 31.2 Å². The molecule has 25 heavy (non-hydrogen) atoms. The van der Waals surface area contributed by atoms with E-state index in [2.05, 4.69) is 27.2 Å². The van der Waals surface area contributed by atoms with E-state index < -0.39 is 5.97 Å². The summed E-state index contributed by atoms with van der Waals surface area (Å²) in [5.41, 5.74) is 3.14. The molecule has 1 aromatic carbocycles. The van der Waals surface area contributed by atoms with Crippen LogP contribution in [-0.2, 0) is 16.1 Å². The van der Waals surface area contributed by atoms with Gasteiger partial charge >= 0.3 is 5.97 Å². The minimum absolute atomic E-state index is 0.0647. The Morgan fingerprint density at radius 1 is 1.36 bits per heavy atom. The normalized spacial score (nSPS) is 22.6. The monoisotopic (exact) mass is 341 g/mol. The van der Waals surface area contributed by atoms with Crippen LogP contribution in [0.4, 0.5) is 0 Å². The molecule has 2 aromatic rings. The third-order valence-corrected chi connectivity index (χ3v) is 5.23. The summed E-state index contributed by atoms with van der Waals surface area (Å²) in [4.78, 5) is 13.5. The van der Waals surface area contributed by atoms with Gasteiger partial charge in [0.2, 0.25) is 0 Å². The van der Waals surface area contributed by atoms with Gasteiger partial charge in [0.25, 0.3) is 0 Å². The zero-order chi connectivity index (χ0) is 17.3. The summed E-state index contributed by atoms with van der Waals surface area (Å²) in [7, 11) is 0. The number of hydrogen-bond acceptors (Lipinski definition) is 4. The SMILES string of the molecule is O=C(O)CC1CN(Cc2cn[nH]c2-c2ccccc2)CC2(CCC2)O1. The highest BCUT2D eigenvalue weighted by Gasteiger charge is 2.45. The van der Waals surface area contributed by atoms with Crippen molar-refractivity contribution in [2.45, 2.75) is 43.9 Å². The van der Waals surface area contributed by atoms with Crippen LogP contribution in [0.25, 0.3) is 11.3 Å². The van der Waals surface area contributed by atoms with Gasteiger partial charge in [0.1, 0.15) is 0 Å². The van der Waals surface area contributed by atoms with Crippen molar-refractivity contribution < 1.29 is 14.6 Å². The third-order valence-electron chi connectivity index (χ3n) is 5.23. The van der Waals surface area contributed by atoms with Gasteiger partial charge in [0.05, 0.1) is 30.0 Å². The molecule has 1 aromatic heterocycles. The molecule has 4 rings (SSSR count). The number of carbonyl (C=O) groups is 1. The van der Waals surface area contributed by atoms with E-state index in [-0.39, 0.29) is 18.1 Å². The summed E-state index contributed by atoms with van der Waals surface area (Å²) < 4.78 is 6.14. The van der Waals surface area contributed by atoms with E-state index in [0.717, 1.165) is 49.2 Å². The minimum Gasteiger partial charge on any atom is -0.481 e. The van der Waals surface area contributed by atoms with Gasteiger partial charge in [-0.2, -0.15) is 5.10 Å². The van der Waals surface area contributed by atoms with Crippen molar-refractivity contribution in [1.82, 2.24) is 15.1 Å². The Morgan fingerprint density at radius 3 is 2.84 bits per heavy atom. The number of H-pyrrole nitrogens is 1. The van der Waals surface area contributed by atoms with Gasteiger partial charge < -0.3 is 9.84 Å². The van der Waals surface area contributed by atoms with E-state index in [4.69, 9.17) is 9.84 Å². The van der Waals surface area contributed by atoms with Gasteiger partial charge in [-0.25, -0.2) is 0 Å². The van der Waals surface area contributed by atoms with E-state index in [1.807, 2.05) is 24.4 Å². The summed E-state index contributed by atoms with van der Waals surface area (Å²) in [6.45, 7) is 2.26. The third kappa shape index (κ3) is 3.45. The molecule has 0 bridgehead atoms. The molecule has 1 aliphatic heterocycles. The highest BCUT2D eigenvalue weighted by atomic mass is 16.5. The number of aromatic nitrogens is 2. The molecular formula is C19H23N3O3. The molecule has 1 spiro atoms. The average Bonchev–Trinajstić information content (AvgIpc) is 3.01. The Balaban J connectivity index is 1.52. The van der Waals surface area contributed by atoms with Crippen LogP contribution in [0, 0.1) is 0 Å². The van der Waals surface area contributed by atoms with Crippen LogP contribution in [0.15, 0.2) is 36.5 Å². The second-order valence-corrected chi connectivity index (χ2v) is 7.18. The molecule has 1 saturated carbocycles. The first-order valence-electron chi connectivity index (χ1n) is 8.83. The smallest absolute Gasteiger partial charge is 0.306 e. The largest absolute Gasteiger partial charge is 0.481 e. The maximum Gasteiger partial charge on any atom is 0.306 e. The van der Waals surface area contributed by atoms with E-state index in [1.165, 1.54) is 0 Å². The molecule has 1 aliphatic carbocycles. The predicted octanol–water partition coefficient (Wildman–Crippen LogP) is 2.67. The number of morpholine rings is 1. The van der Waals surface area contributed by atoms with Crippen LogP contribution < -0.4 is 0 Å². The zero-order valence-electron chi connectivity index (χ0n) is 14.1. The maximum absolute atomic E-state index is 11.1. The van der Waals surface area contributed by atoms with E-state index >= 15 is 0 Å². The summed E-state index contributed by atoms with van der Waals surface area (Å²) in [6.07, 6.45) is 4.91. The van der Waals surface area contributed by atoms with Gasteiger partial charge in [0.15, 0.2) is 0 Å². The first-order chi connectivity index (χ1) is 12.1. The van der Waals surface area contributed by atoms with Crippen LogP contribution >= 0.6 is 0 Å². The number of nitrogens with zero attached hydrogens (tertiary/aromatic N) is 2. The minimum atomic E-state index is -0.797. The number of benzene rings is 1. The van der Waals surface area contributed by atoms with Crippen LogP contribution in [0.3, 0.4) is 0 Å². The fourth-order valence-electron chi connectivity index (χ4n) is 3.98. The van der Waals surface area contributed by atoms with E-state index in [0.29, 0.717) is 6.54 Å². The fraction of sp³-hybridized carbons (Fsp3) is 0.474. The molecule has 2 N–H and O–H groups in total. The van der Waals surface area contributed by atoms with Crippen molar-refractivity contribution in [1.29, 1.82) is 0 Å². The average molecular weight is 341 g/mol. The predicted molar refractivity (Wildman–Crippen MR) is 93.0 cm³/mol. The summed E-state index contributed by atoms with van der Waals surface area (Å²) >= 11 is 0. The number of rotatable bonds is 5. The second kappa shape index (κ2) is 6.61. The molecular weight excluding hydrogens is 318 g/mol. The molecule has 2 heterocycles. The fourth-order valence-corrected chi connectivity index (χ4v) is 3.98. The summed E-state index contributed by atoms with van der Waals surface area (Å²) in [6, 6.07) is 10.2. The zero-order valence-corrected chi connectivity index (χ0v) is 14.1. The van der Waals surface area contributed by atoms with Crippen molar-refractivity contribution in [2.24, 2.45) is 0 Å². The van der Waals surface area contributed by atoms with Crippen molar-refractivity contribution >= 4 is 5.97 Å². The van der Waals surface area contributed by atoms with Gasteiger partial charge in [-0.3, -0.25) is 14.8 Å². The van der Waals surface area contributed by atoms with Crippen LogP contribution in [0.2, 0.25) is 0 Å². The number of ether oxygens (including phenoxy) is 1. The Bertz CT molecular complexity index is 739. The number of aliphatic carboxylic acids is 1. The topological polar surface area (TPSA) is 78.5 Å². The Morgan fingerprint density at radius 2 is 2.16 bits per heavy atom. The molecule has 1 saturated heterocycles. The standard InChI is InChI=1S/C19H23N3O3/c23-17(24)9-16-12-22(13-19(25-16)7-4-8-19)11-15-10-20-21-18(15)14-5-2-1-3-6-14/h1-3,5-6,10,16H,4,7-9,11-13H2,(H,20,21)(H,23,24). The molecule has 1 unspecified atom stereocenters. The lowest BCUT2D eigenvalue weighted by molar-refractivity contribution is -0.196. The van der Waals surface area contributed by atoms with Crippen molar-refractivity contribution in [3.8, 4) is 11.3 Å².